The molecule has 0 aliphatic rings. The molecule has 6 rings (SSSR count). The molecule has 0 fully saturated rings. The molecule has 6 aromatic rings. The van der Waals surface area contributed by atoms with Crippen molar-refractivity contribution in [3.05, 3.63) is 115 Å². The molecule has 0 unspecified atom stereocenters. The van der Waals surface area contributed by atoms with Crippen LogP contribution in [0.15, 0.2) is 109 Å². The van der Waals surface area contributed by atoms with Crippen molar-refractivity contribution in [1.29, 1.82) is 0 Å². The summed E-state index contributed by atoms with van der Waals surface area (Å²) in [4.78, 5) is 0. The summed E-state index contributed by atoms with van der Waals surface area (Å²) in [6.07, 6.45) is 2.11. The third-order valence-corrected chi connectivity index (χ3v) is 6.65. The van der Waals surface area contributed by atoms with E-state index in [0.29, 0.717) is 0 Å². The van der Waals surface area contributed by atoms with Crippen molar-refractivity contribution in [3.8, 4) is 22.4 Å². The van der Waals surface area contributed by atoms with Crippen LogP contribution in [-0.4, -0.2) is 0 Å². The third-order valence-electron chi connectivity index (χ3n) is 6.65. The number of hydrogen-bond donors (Lipinski definition) is 0. The van der Waals surface area contributed by atoms with Gasteiger partial charge in [0.2, 0.25) is 5.69 Å². The van der Waals surface area contributed by atoms with E-state index in [9.17, 15) is 0 Å². The molecule has 0 amide bonds. The smallest absolute Gasteiger partial charge is 0.201 e. The van der Waals surface area contributed by atoms with E-state index in [1.165, 1.54) is 60.3 Å². The van der Waals surface area contributed by atoms with E-state index in [-0.39, 0.29) is 0 Å². The maximum absolute atomic E-state index is 2.36. The van der Waals surface area contributed by atoms with E-state index in [1.54, 1.807) is 0 Å². The quantitative estimate of drug-likeness (QED) is 0.204. The lowest BCUT2D eigenvalue weighted by molar-refractivity contribution is -0.660. The van der Waals surface area contributed by atoms with Crippen LogP contribution in [0.2, 0.25) is 0 Å². The Morgan fingerprint density at radius 3 is 1.69 bits per heavy atom. The number of fused-ring (bicyclic) bond motifs is 6. The Balaban J connectivity index is 1.62. The molecule has 0 saturated heterocycles. The molecule has 152 valence electrons. The van der Waals surface area contributed by atoms with Crippen molar-refractivity contribution in [3.63, 3.8) is 0 Å². The van der Waals surface area contributed by atoms with Crippen LogP contribution in [0.5, 0.6) is 0 Å². The Kier molecular flexibility index (Phi) is 4.29. The summed E-state index contributed by atoms with van der Waals surface area (Å²) in [7, 11) is 2.11. The highest BCUT2D eigenvalue weighted by Crippen LogP contribution is 2.37. The third kappa shape index (κ3) is 2.90. The zero-order chi connectivity index (χ0) is 21.7. The second kappa shape index (κ2) is 7.32. The number of benzene rings is 5. The number of nitrogens with zero attached hydrogens (tertiary/aromatic N) is 1. The molecular formula is C31H24N+. The molecule has 1 heterocycles. The average molecular weight is 411 g/mol. The first-order valence-electron chi connectivity index (χ1n) is 11.1. The molecule has 1 nitrogen and oxygen atoms in total. The van der Waals surface area contributed by atoms with Gasteiger partial charge in [-0.3, -0.25) is 0 Å². The van der Waals surface area contributed by atoms with Crippen molar-refractivity contribution < 1.29 is 4.57 Å². The Morgan fingerprint density at radius 2 is 1.03 bits per heavy atom. The summed E-state index contributed by atoms with van der Waals surface area (Å²) in [6, 6.07) is 37.6. The van der Waals surface area contributed by atoms with E-state index >= 15 is 0 Å². The number of rotatable bonds is 2. The van der Waals surface area contributed by atoms with Crippen molar-refractivity contribution in [2.24, 2.45) is 7.05 Å². The van der Waals surface area contributed by atoms with Crippen LogP contribution in [-0.2, 0) is 7.05 Å². The largest absolute Gasteiger partial charge is 0.212 e. The molecule has 0 atom stereocenters. The zero-order valence-electron chi connectivity index (χ0n) is 18.3. The van der Waals surface area contributed by atoms with Gasteiger partial charge in [0.05, 0.1) is 0 Å². The van der Waals surface area contributed by atoms with Crippen LogP contribution in [0.25, 0.3) is 54.7 Å². The summed E-state index contributed by atoms with van der Waals surface area (Å²) < 4.78 is 2.19. The van der Waals surface area contributed by atoms with Crippen LogP contribution in [0, 0.1) is 6.92 Å². The summed E-state index contributed by atoms with van der Waals surface area (Å²) in [5, 5.41) is 7.87. The monoisotopic (exact) mass is 410 g/mol. The van der Waals surface area contributed by atoms with Gasteiger partial charge in [-0.15, -0.1) is 0 Å². The van der Waals surface area contributed by atoms with E-state index in [1.807, 2.05) is 0 Å². The fraction of sp³-hybridized carbons (Fsp3) is 0.0645. The maximum Gasteiger partial charge on any atom is 0.212 e. The van der Waals surface area contributed by atoms with Gasteiger partial charge in [0.15, 0.2) is 6.20 Å². The van der Waals surface area contributed by atoms with Gasteiger partial charge >= 0.3 is 0 Å². The highest BCUT2D eigenvalue weighted by atomic mass is 14.9. The Hall–Kier alpha value is -3.97. The SMILES string of the molecule is Cc1ccc(-c2ccc3c4ccccc4c4ccccc4c3c2)cc1-c1cccc[n+]1C. The van der Waals surface area contributed by atoms with Crippen LogP contribution in [0.1, 0.15) is 5.56 Å². The normalized spacial score (nSPS) is 11.4. The molecule has 5 aromatic carbocycles. The van der Waals surface area contributed by atoms with Gasteiger partial charge < -0.3 is 0 Å². The number of pyridine rings is 1. The minimum absolute atomic E-state index is 1.23. The highest BCUT2D eigenvalue weighted by Gasteiger charge is 2.14. The summed E-state index contributed by atoms with van der Waals surface area (Å²) in [5.41, 5.74) is 6.28. The van der Waals surface area contributed by atoms with Crippen LogP contribution in [0.4, 0.5) is 0 Å². The summed E-state index contributed by atoms with van der Waals surface area (Å²) >= 11 is 0. The molecule has 0 aliphatic heterocycles. The zero-order valence-corrected chi connectivity index (χ0v) is 18.3. The van der Waals surface area contributed by atoms with Gasteiger partial charge in [-0.25, -0.2) is 4.57 Å². The molecule has 0 aliphatic carbocycles. The van der Waals surface area contributed by atoms with Gasteiger partial charge in [0.1, 0.15) is 7.05 Å². The van der Waals surface area contributed by atoms with Crippen molar-refractivity contribution in [2.45, 2.75) is 6.92 Å². The van der Waals surface area contributed by atoms with Gasteiger partial charge in [0, 0.05) is 17.7 Å². The minimum Gasteiger partial charge on any atom is -0.201 e. The van der Waals surface area contributed by atoms with Crippen molar-refractivity contribution >= 4 is 32.3 Å². The second-order valence-corrected chi connectivity index (χ2v) is 8.58. The maximum atomic E-state index is 2.36. The lowest BCUT2D eigenvalue weighted by Crippen LogP contribution is -2.30. The fourth-order valence-electron chi connectivity index (χ4n) is 4.97. The molecule has 0 saturated carbocycles. The molecule has 1 heteroatoms. The van der Waals surface area contributed by atoms with Crippen molar-refractivity contribution in [2.75, 3.05) is 0 Å². The molecule has 0 N–H and O–H groups in total. The number of aromatic nitrogens is 1. The second-order valence-electron chi connectivity index (χ2n) is 8.58. The fourth-order valence-corrected chi connectivity index (χ4v) is 4.97. The van der Waals surface area contributed by atoms with E-state index in [4.69, 9.17) is 0 Å². The Labute approximate surface area is 188 Å². The minimum atomic E-state index is 1.23. The van der Waals surface area contributed by atoms with Gasteiger partial charge in [-0.1, -0.05) is 72.8 Å². The topological polar surface area (TPSA) is 3.88 Å². The van der Waals surface area contributed by atoms with Crippen LogP contribution in [0.3, 0.4) is 0 Å². The first-order chi connectivity index (χ1) is 15.7. The number of aryl methyl sites for hydroxylation is 2. The molecule has 0 spiro atoms. The van der Waals surface area contributed by atoms with Crippen molar-refractivity contribution in [1.82, 2.24) is 0 Å². The molecule has 1 aromatic heterocycles. The summed E-state index contributed by atoms with van der Waals surface area (Å²) in [5.74, 6) is 0. The predicted octanol–water partition coefficient (Wildman–Crippen LogP) is 7.61. The lowest BCUT2D eigenvalue weighted by atomic mass is 9.91. The summed E-state index contributed by atoms with van der Waals surface area (Å²) in [6.45, 7) is 2.19. The van der Waals surface area contributed by atoms with E-state index in [2.05, 4.69) is 128 Å². The first-order valence-corrected chi connectivity index (χ1v) is 11.1. The first kappa shape index (κ1) is 18.8. The van der Waals surface area contributed by atoms with E-state index < -0.39 is 0 Å². The van der Waals surface area contributed by atoms with Crippen LogP contribution < -0.4 is 4.57 Å². The van der Waals surface area contributed by atoms with Gasteiger partial charge in [0.25, 0.3) is 0 Å². The molecule has 0 bridgehead atoms. The Morgan fingerprint density at radius 1 is 0.500 bits per heavy atom. The Bertz CT molecular complexity index is 1610. The number of hydrogen-bond acceptors (Lipinski definition) is 0. The molecule has 0 radical (unpaired) electrons. The molecular weight excluding hydrogens is 386 g/mol. The predicted molar refractivity (Wildman–Crippen MR) is 136 cm³/mol. The standard InChI is InChI=1S/C31H24N/c1-21-14-15-22(19-29(21)31-13-7-8-18-32(31)2)23-16-17-28-26-11-4-3-9-24(26)25-10-5-6-12-27(25)30(28)20-23/h3-20H,1-2H3/q+1. The molecule has 32 heavy (non-hydrogen) atoms. The van der Waals surface area contributed by atoms with Gasteiger partial charge in [-0.05, 0) is 74.1 Å². The highest BCUT2D eigenvalue weighted by molar-refractivity contribution is 6.25. The lowest BCUT2D eigenvalue weighted by Gasteiger charge is -2.13. The van der Waals surface area contributed by atoms with E-state index in [0.717, 1.165) is 0 Å². The van der Waals surface area contributed by atoms with Crippen LogP contribution >= 0.6 is 0 Å². The average Bonchev–Trinajstić information content (AvgIpc) is 2.85. The van der Waals surface area contributed by atoms with Gasteiger partial charge in [-0.2, -0.15) is 0 Å².